The van der Waals surface area contributed by atoms with Gasteiger partial charge < -0.3 is 0 Å². The Morgan fingerprint density at radius 3 is 2.70 bits per heavy atom. The first-order valence-corrected chi connectivity index (χ1v) is 3.86. The van der Waals surface area contributed by atoms with Crippen molar-refractivity contribution in [3.05, 3.63) is 12.7 Å². The molecule has 1 atom stereocenters. The van der Waals surface area contributed by atoms with Crippen LogP contribution in [0.25, 0.3) is 0 Å². The summed E-state index contributed by atoms with van der Waals surface area (Å²) in [6, 6.07) is 0. The summed E-state index contributed by atoms with van der Waals surface area (Å²) in [7, 11) is 0. The Kier molecular flexibility index (Phi) is 4.91. The molecule has 10 heavy (non-hydrogen) atoms. The van der Waals surface area contributed by atoms with E-state index in [1.165, 1.54) is 6.08 Å². The Balaban J connectivity index is 3.34. The highest BCUT2D eigenvalue weighted by Gasteiger charge is 2.00. The topological polar surface area (TPSA) is 17.1 Å². The molecule has 0 aliphatic heterocycles. The third-order valence-corrected chi connectivity index (χ3v) is 1.81. The van der Waals surface area contributed by atoms with Crippen molar-refractivity contribution in [3.63, 3.8) is 0 Å². The minimum absolute atomic E-state index is 0.167. The predicted molar refractivity (Wildman–Crippen MR) is 43.9 cm³/mol. The first kappa shape index (κ1) is 9.41. The number of ketones is 1. The number of rotatable bonds is 5. The van der Waals surface area contributed by atoms with Gasteiger partial charge in [0.25, 0.3) is 0 Å². The summed E-state index contributed by atoms with van der Waals surface area (Å²) in [4.78, 5) is 10.7. The SMILES string of the molecule is C=CC(=O)CC[C@@H](C)CC. The van der Waals surface area contributed by atoms with E-state index in [2.05, 4.69) is 20.4 Å². The van der Waals surface area contributed by atoms with E-state index in [0.29, 0.717) is 12.3 Å². The van der Waals surface area contributed by atoms with Crippen molar-refractivity contribution in [1.82, 2.24) is 0 Å². The zero-order chi connectivity index (χ0) is 7.98. The molecule has 0 fully saturated rings. The van der Waals surface area contributed by atoms with Crippen molar-refractivity contribution < 1.29 is 4.79 Å². The maximum atomic E-state index is 10.7. The third kappa shape index (κ3) is 4.30. The number of hydrogen-bond donors (Lipinski definition) is 0. The van der Waals surface area contributed by atoms with Gasteiger partial charge in [-0.1, -0.05) is 26.8 Å². The fourth-order valence-corrected chi connectivity index (χ4v) is 0.695. The maximum Gasteiger partial charge on any atom is 0.155 e. The summed E-state index contributed by atoms with van der Waals surface area (Å²) in [5.41, 5.74) is 0. The minimum Gasteiger partial charge on any atom is -0.295 e. The lowest BCUT2D eigenvalue weighted by molar-refractivity contribution is -0.114. The van der Waals surface area contributed by atoms with Crippen LogP contribution < -0.4 is 0 Å². The van der Waals surface area contributed by atoms with Crippen molar-refractivity contribution in [2.24, 2.45) is 5.92 Å². The summed E-state index contributed by atoms with van der Waals surface area (Å²) >= 11 is 0. The lowest BCUT2D eigenvalue weighted by Crippen LogP contribution is -1.97. The first-order chi connectivity index (χ1) is 4.70. The van der Waals surface area contributed by atoms with Crippen molar-refractivity contribution in [1.29, 1.82) is 0 Å². The average molecular weight is 140 g/mol. The van der Waals surface area contributed by atoms with E-state index < -0.39 is 0 Å². The van der Waals surface area contributed by atoms with Gasteiger partial charge >= 0.3 is 0 Å². The quantitative estimate of drug-likeness (QED) is 0.536. The molecule has 0 unspecified atom stereocenters. The van der Waals surface area contributed by atoms with Crippen molar-refractivity contribution in [2.75, 3.05) is 0 Å². The van der Waals surface area contributed by atoms with E-state index in [-0.39, 0.29) is 5.78 Å². The molecule has 0 saturated carbocycles. The van der Waals surface area contributed by atoms with Crippen LogP contribution >= 0.6 is 0 Å². The van der Waals surface area contributed by atoms with Crippen LogP contribution in [0.5, 0.6) is 0 Å². The van der Waals surface area contributed by atoms with E-state index in [4.69, 9.17) is 0 Å². The Morgan fingerprint density at radius 1 is 1.70 bits per heavy atom. The highest BCUT2D eigenvalue weighted by molar-refractivity contribution is 5.88. The minimum atomic E-state index is 0.167. The van der Waals surface area contributed by atoms with E-state index in [1.54, 1.807) is 0 Å². The number of carbonyl (C=O) groups excluding carboxylic acids is 1. The first-order valence-electron chi connectivity index (χ1n) is 3.86. The fourth-order valence-electron chi connectivity index (χ4n) is 0.695. The van der Waals surface area contributed by atoms with Gasteiger partial charge in [-0.2, -0.15) is 0 Å². The number of carbonyl (C=O) groups is 1. The molecule has 0 aromatic heterocycles. The van der Waals surface area contributed by atoms with Gasteiger partial charge in [0.2, 0.25) is 0 Å². The molecule has 0 aromatic carbocycles. The summed E-state index contributed by atoms with van der Waals surface area (Å²) < 4.78 is 0. The summed E-state index contributed by atoms with van der Waals surface area (Å²) in [5, 5.41) is 0. The molecule has 0 N–H and O–H groups in total. The lowest BCUT2D eigenvalue weighted by atomic mass is 10.0. The maximum absolute atomic E-state index is 10.7. The normalized spacial score (nSPS) is 12.6. The number of hydrogen-bond acceptors (Lipinski definition) is 1. The second-order valence-corrected chi connectivity index (χ2v) is 2.72. The Labute approximate surface area is 63.1 Å². The zero-order valence-electron chi connectivity index (χ0n) is 6.89. The zero-order valence-corrected chi connectivity index (χ0v) is 6.89. The molecule has 0 aromatic rings. The highest BCUT2D eigenvalue weighted by Crippen LogP contribution is 2.09. The molecule has 0 rings (SSSR count). The molecule has 0 heterocycles. The average Bonchev–Trinajstić information content (AvgIpc) is 1.99. The van der Waals surface area contributed by atoms with Crippen LogP contribution in [0.3, 0.4) is 0 Å². The van der Waals surface area contributed by atoms with Gasteiger partial charge in [0, 0.05) is 6.42 Å². The Bertz CT molecular complexity index is 116. The number of allylic oxidation sites excluding steroid dienone is 1. The van der Waals surface area contributed by atoms with E-state index in [1.807, 2.05) is 0 Å². The highest BCUT2D eigenvalue weighted by atomic mass is 16.1. The molecular formula is C9H16O. The van der Waals surface area contributed by atoms with Crippen LogP contribution in [-0.4, -0.2) is 5.78 Å². The largest absolute Gasteiger partial charge is 0.295 e. The molecule has 58 valence electrons. The Morgan fingerprint density at radius 2 is 2.30 bits per heavy atom. The van der Waals surface area contributed by atoms with E-state index >= 15 is 0 Å². The van der Waals surface area contributed by atoms with Crippen LogP contribution in [0.15, 0.2) is 12.7 Å². The van der Waals surface area contributed by atoms with Crippen LogP contribution in [0, 0.1) is 5.92 Å². The molecule has 1 heteroatoms. The van der Waals surface area contributed by atoms with Crippen LogP contribution in [-0.2, 0) is 4.79 Å². The van der Waals surface area contributed by atoms with Gasteiger partial charge in [-0.3, -0.25) is 4.79 Å². The summed E-state index contributed by atoms with van der Waals surface area (Å²) in [5.74, 6) is 0.837. The molecule has 0 saturated heterocycles. The molecule has 0 bridgehead atoms. The molecule has 0 aliphatic carbocycles. The summed E-state index contributed by atoms with van der Waals surface area (Å²) in [6.07, 6.45) is 4.23. The van der Waals surface area contributed by atoms with E-state index in [0.717, 1.165) is 12.8 Å². The monoisotopic (exact) mass is 140 g/mol. The standard InChI is InChI=1S/C9H16O/c1-4-8(3)6-7-9(10)5-2/h5,8H,2,4,6-7H2,1,3H3/t8-/m0/s1. The van der Waals surface area contributed by atoms with Crippen molar-refractivity contribution >= 4 is 5.78 Å². The van der Waals surface area contributed by atoms with E-state index in [9.17, 15) is 4.79 Å². The molecule has 0 radical (unpaired) electrons. The Hall–Kier alpha value is -0.590. The second-order valence-electron chi connectivity index (χ2n) is 2.72. The van der Waals surface area contributed by atoms with Gasteiger partial charge in [-0.15, -0.1) is 0 Å². The third-order valence-electron chi connectivity index (χ3n) is 1.81. The predicted octanol–water partition coefficient (Wildman–Crippen LogP) is 2.57. The van der Waals surface area contributed by atoms with Gasteiger partial charge in [0.15, 0.2) is 5.78 Å². The van der Waals surface area contributed by atoms with Crippen LogP contribution in [0.1, 0.15) is 33.1 Å². The molecule has 0 aliphatic rings. The smallest absolute Gasteiger partial charge is 0.155 e. The fraction of sp³-hybridized carbons (Fsp3) is 0.667. The van der Waals surface area contributed by atoms with Crippen LogP contribution in [0.2, 0.25) is 0 Å². The van der Waals surface area contributed by atoms with Crippen molar-refractivity contribution in [3.8, 4) is 0 Å². The lowest BCUT2D eigenvalue weighted by Gasteiger charge is -2.04. The van der Waals surface area contributed by atoms with Gasteiger partial charge in [0.05, 0.1) is 0 Å². The van der Waals surface area contributed by atoms with Crippen molar-refractivity contribution in [2.45, 2.75) is 33.1 Å². The van der Waals surface area contributed by atoms with Gasteiger partial charge in [-0.05, 0) is 18.4 Å². The van der Waals surface area contributed by atoms with Crippen LogP contribution in [0.4, 0.5) is 0 Å². The molecule has 0 spiro atoms. The molecular weight excluding hydrogens is 124 g/mol. The second kappa shape index (κ2) is 5.21. The molecule has 0 amide bonds. The van der Waals surface area contributed by atoms with Gasteiger partial charge in [-0.25, -0.2) is 0 Å². The molecule has 1 nitrogen and oxygen atoms in total. The summed E-state index contributed by atoms with van der Waals surface area (Å²) in [6.45, 7) is 7.72. The van der Waals surface area contributed by atoms with Gasteiger partial charge in [0.1, 0.15) is 0 Å².